The third-order valence-corrected chi connectivity index (χ3v) is 4.74. The highest BCUT2D eigenvalue weighted by atomic mass is 16.8. The molecule has 0 aliphatic carbocycles. The number of rotatable bonds is 7. The number of benzene rings is 1. The molecule has 3 heterocycles. The van der Waals surface area contributed by atoms with Crippen molar-refractivity contribution in [2.75, 3.05) is 26.5 Å². The van der Waals surface area contributed by atoms with E-state index in [1.54, 1.807) is 6.92 Å². The van der Waals surface area contributed by atoms with Crippen LogP contribution in [-0.4, -0.2) is 64.2 Å². The van der Waals surface area contributed by atoms with Crippen LogP contribution >= 0.6 is 0 Å². The molecule has 1 aromatic rings. The van der Waals surface area contributed by atoms with E-state index in [4.69, 9.17) is 33.0 Å². The van der Waals surface area contributed by atoms with E-state index in [9.17, 15) is 9.59 Å². The molecule has 1 saturated heterocycles. The van der Waals surface area contributed by atoms with Crippen molar-refractivity contribution < 1.29 is 42.6 Å². The molecule has 2 unspecified atom stereocenters. The van der Waals surface area contributed by atoms with Gasteiger partial charge in [-0.25, -0.2) is 4.79 Å². The van der Waals surface area contributed by atoms with Crippen LogP contribution in [0.2, 0.25) is 0 Å². The van der Waals surface area contributed by atoms with Gasteiger partial charge in [-0.15, -0.1) is 0 Å². The zero-order chi connectivity index (χ0) is 20.4. The fourth-order valence-corrected chi connectivity index (χ4v) is 3.39. The number of esters is 1. The predicted molar refractivity (Wildman–Crippen MR) is 97.4 cm³/mol. The number of ether oxygens (including phenoxy) is 5. The first kappa shape index (κ1) is 20.0. The van der Waals surface area contributed by atoms with Gasteiger partial charge in [0.05, 0.1) is 6.10 Å². The zero-order valence-corrected chi connectivity index (χ0v) is 16.1. The van der Waals surface area contributed by atoms with Gasteiger partial charge in [-0.1, -0.05) is 12.1 Å². The van der Waals surface area contributed by atoms with Gasteiger partial charge < -0.3 is 33.0 Å². The minimum atomic E-state index is -0.740. The van der Waals surface area contributed by atoms with Crippen LogP contribution in [0.25, 0.3) is 0 Å². The summed E-state index contributed by atoms with van der Waals surface area (Å²) in [5.74, 6) is 0.318. The zero-order valence-electron chi connectivity index (χ0n) is 16.1. The van der Waals surface area contributed by atoms with Gasteiger partial charge in [0.1, 0.15) is 31.8 Å². The Morgan fingerprint density at radius 1 is 1.31 bits per heavy atom. The summed E-state index contributed by atoms with van der Waals surface area (Å²) in [4.78, 5) is 22.1. The summed E-state index contributed by atoms with van der Waals surface area (Å²) in [5.41, 5.74) is 1.80. The summed E-state index contributed by atoms with van der Waals surface area (Å²) in [6, 6.07) is 5.72. The highest BCUT2D eigenvalue weighted by Gasteiger charge is 2.43. The molecule has 156 valence electrons. The number of cyclic esters (lactones) is 2. The van der Waals surface area contributed by atoms with Crippen LogP contribution in [-0.2, 0) is 33.1 Å². The highest BCUT2D eigenvalue weighted by molar-refractivity contribution is 6.64. The lowest BCUT2D eigenvalue weighted by Crippen LogP contribution is -2.37. The molecule has 0 radical (unpaired) electrons. The maximum atomic E-state index is 11.1. The Bertz CT molecular complexity index is 776. The molecular formula is C18H22BNO9. The molecule has 4 rings (SSSR count). The van der Waals surface area contributed by atoms with Crippen LogP contribution in [0.15, 0.2) is 18.2 Å². The SMILES string of the molecule is CC(=O)OC[C@@H]1COc2cccc3c2B(O1)O[C@@H]3CNCOC1OC(=O)OC1C. The van der Waals surface area contributed by atoms with E-state index in [-0.39, 0.29) is 32.0 Å². The van der Waals surface area contributed by atoms with E-state index in [1.807, 2.05) is 18.2 Å². The second-order valence-corrected chi connectivity index (χ2v) is 6.91. The second-order valence-electron chi connectivity index (χ2n) is 6.91. The molecule has 3 aliphatic rings. The summed E-state index contributed by atoms with van der Waals surface area (Å²) < 4.78 is 38.2. The summed E-state index contributed by atoms with van der Waals surface area (Å²) in [6.45, 7) is 3.99. The number of carbonyl (C=O) groups excluding carboxylic acids is 2. The number of hydrogen-bond donors (Lipinski definition) is 1. The van der Waals surface area contributed by atoms with E-state index in [2.05, 4.69) is 5.32 Å². The summed E-state index contributed by atoms with van der Waals surface area (Å²) in [6.07, 6.45) is -2.65. The maximum Gasteiger partial charge on any atom is 0.511 e. The van der Waals surface area contributed by atoms with Crippen molar-refractivity contribution in [3.8, 4) is 5.75 Å². The fraction of sp³-hybridized carbons (Fsp3) is 0.556. The van der Waals surface area contributed by atoms with Gasteiger partial charge in [-0.3, -0.25) is 10.1 Å². The van der Waals surface area contributed by atoms with Crippen molar-refractivity contribution in [1.82, 2.24) is 5.32 Å². The lowest BCUT2D eigenvalue weighted by Gasteiger charge is -2.20. The molecule has 4 atom stereocenters. The van der Waals surface area contributed by atoms with E-state index in [0.29, 0.717) is 12.3 Å². The number of hydrogen-bond acceptors (Lipinski definition) is 10. The molecule has 10 nitrogen and oxygen atoms in total. The highest BCUT2D eigenvalue weighted by Crippen LogP contribution is 2.30. The second kappa shape index (κ2) is 8.58. The van der Waals surface area contributed by atoms with Gasteiger partial charge in [0.15, 0.2) is 6.10 Å². The molecule has 0 amide bonds. The van der Waals surface area contributed by atoms with Crippen molar-refractivity contribution in [2.45, 2.75) is 38.4 Å². The lowest BCUT2D eigenvalue weighted by atomic mass is 9.77. The topological polar surface area (TPSA) is 111 Å². The Balaban J connectivity index is 1.34. The third kappa shape index (κ3) is 4.48. The summed E-state index contributed by atoms with van der Waals surface area (Å²) in [5, 5.41) is 3.12. The molecule has 1 fully saturated rings. The fourth-order valence-electron chi connectivity index (χ4n) is 3.39. The Hall–Kier alpha value is -2.34. The molecule has 0 spiro atoms. The maximum absolute atomic E-state index is 11.1. The third-order valence-electron chi connectivity index (χ3n) is 4.74. The number of nitrogens with one attached hydrogen (secondary N) is 1. The quantitative estimate of drug-likeness (QED) is 0.292. The first-order valence-corrected chi connectivity index (χ1v) is 9.40. The first-order valence-electron chi connectivity index (χ1n) is 9.40. The van der Waals surface area contributed by atoms with Gasteiger partial charge in [-0.05, 0) is 18.6 Å². The van der Waals surface area contributed by atoms with Crippen LogP contribution in [0.1, 0.15) is 25.5 Å². The Kier molecular flexibility index (Phi) is 5.90. The van der Waals surface area contributed by atoms with Crippen LogP contribution in [0, 0.1) is 0 Å². The standard InChI is InChI=1S/C18H22BNO9/c1-10-17(27-18(22)26-10)25-9-20-6-15-13-4-3-5-14-16(13)19(29-15)28-12(8-24-14)7-23-11(2)21/h3-5,10,12,15,17,20H,6-9H2,1-2H3/t10?,12-,15-,17?/m1/s1. The van der Waals surface area contributed by atoms with Crippen molar-refractivity contribution in [2.24, 2.45) is 0 Å². The Morgan fingerprint density at radius 2 is 2.17 bits per heavy atom. The van der Waals surface area contributed by atoms with Crippen LogP contribution < -0.4 is 15.5 Å². The van der Waals surface area contributed by atoms with Crippen LogP contribution in [0.3, 0.4) is 0 Å². The molecule has 1 N–H and O–H groups in total. The van der Waals surface area contributed by atoms with Gasteiger partial charge in [0.2, 0.25) is 6.29 Å². The van der Waals surface area contributed by atoms with Crippen molar-refractivity contribution in [3.63, 3.8) is 0 Å². The molecule has 0 bridgehead atoms. The van der Waals surface area contributed by atoms with Crippen molar-refractivity contribution in [1.29, 1.82) is 0 Å². The smallest absolute Gasteiger partial charge is 0.491 e. The average molecular weight is 407 g/mol. The van der Waals surface area contributed by atoms with E-state index < -0.39 is 31.8 Å². The molecule has 0 saturated carbocycles. The van der Waals surface area contributed by atoms with Gasteiger partial charge in [-0.2, -0.15) is 0 Å². The minimum Gasteiger partial charge on any atom is -0.491 e. The average Bonchev–Trinajstić information content (AvgIpc) is 3.13. The molecule has 1 aromatic carbocycles. The van der Waals surface area contributed by atoms with Gasteiger partial charge in [0.25, 0.3) is 0 Å². The van der Waals surface area contributed by atoms with E-state index in [1.165, 1.54) is 6.92 Å². The van der Waals surface area contributed by atoms with Crippen molar-refractivity contribution >= 4 is 24.7 Å². The Labute approximate surface area is 167 Å². The summed E-state index contributed by atoms with van der Waals surface area (Å²) in [7, 11) is -0.610. The Morgan fingerprint density at radius 3 is 2.93 bits per heavy atom. The number of carbonyl (C=O) groups is 2. The first-order chi connectivity index (χ1) is 14.0. The molecule has 3 aliphatic heterocycles. The molecular weight excluding hydrogens is 385 g/mol. The van der Waals surface area contributed by atoms with E-state index in [0.717, 1.165) is 11.0 Å². The van der Waals surface area contributed by atoms with Gasteiger partial charge >= 0.3 is 19.2 Å². The molecule has 29 heavy (non-hydrogen) atoms. The predicted octanol–water partition coefficient (Wildman–Crippen LogP) is 0.239. The molecule has 0 aromatic heterocycles. The van der Waals surface area contributed by atoms with Gasteiger partial charge in [0, 0.05) is 18.9 Å². The summed E-state index contributed by atoms with van der Waals surface area (Å²) >= 11 is 0. The van der Waals surface area contributed by atoms with Crippen molar-refractivity contribution in [3.05, 3.63) is 23.8 Å². The molecule has 11 heteroatoms. The largest absolute Gasteiger partial charge is 0.511 e. The normalized spacial score (nSPS) is 27.5. The van der Waals surface area contributed by atoms with Crippen LogP contribution in [0.4, 0.5) is 4.79 Å². The lowest BCUT2D eigenvalue weighted by molar-refractivity contribution is -0.144. The minimum absolute atomic E-state index is 0.0929. The van der Waals surface area contributed by atoms with E-state index >= 15 is 0 Å². The van der Waals surface area contributed by atoms with Crippen LogP contribution in [0.5, 0.6) is 5.75 Å². The monoisotopic (exact) mass is 407 g/mol.